The van der Waals surface area contributed by atoms with Gasteiger partial charge in [-0.3, -0.25) is 0 Å². The Bertz CT molecular complexity index is 391. The van der Waals surface area contributed by atoms with Crippen LogP contribution in [0.25, 0.3) is 0 Å². The molecular formula is C12H13FN2. The number of nitrogens with one attached hydrogen (secondary N) is 1. The molecule has 0 fully saturated rings. The van der Waals surface area contributed by atoms with Crippen molar-refractivity contribution in [2.45, 2.75) is 13.3 Å². The van der Waals surface area contributed by atoms with Crippen molar-refractivity contribution in [2.24, 2.45) is 0 Å². The van der Waals surface area contributed by atoms with Crippen molar-refractivity contribution in [1.29, 1.82) is 5.26 Å². The standard InChI is InChI=1S/C12H13FN2/c1-2-3-4-7-15-12-6-5-10(9-14)8-11(12)13/h2-3,5-6,8,15H,4,7H2,1H3/b3-2+. The van der Waals surface area contributed by atoms with E-state index in [2.05, 4.69) is 5.32 Å². The van der Waals surface area contributed by atoms with Gasteiger partial charge in [-0.15, -0.1) is 0 Å². The van der Waals surface area contributed by atoms with E-state index in [4.69, 9.17) is 5.26 Å². The molecule has 0 heterocycles. The lowest BCUT2D eigenvalue weighted by Crippen LogP contribution is -2.02. The smallest absolute Gasteiger partial charge is 0.147 e. The largest absolute Gasteiger partial charge is 0.382 e. The molecule has 15 heavy (non-hydrogen) atoms. The summed E-state index contributed by atoms with van der Waals surface area (Å²) in [5.74, 6) is -0.380. The summed E-state index contributed by atoms with van der Waals surface area (Å²) < 4.78 is 13.3. The van der Waals surface area contributed by atoms with E-state index in [0.717, 1.165) is 6.42 Å². The van der Waals surface area contributed by atoms with Gasteiger partial charge in [-0.2, -0.15) is 5.26 Å². The van der Waals surface area contributed by atoms with Crippen molar-refractivity contribution in [1.82, 2.24) is 0 Å². The number of allylic oxidation sites excluding steroid dienone is 1. The van der Waals surface area contributed by atoms with Crippen molar-refractivity contribution in [3.8, 4) is 6.07 Å². The Morgan fingerprint density at radius 3 is 2.93 bits per heavy atom. The monoisotopic (exact) mass is 204 g/mol. The number of hydrogen-bond donors (Lipinski definition) is 1. The molecule has 0 saturated carbocycles. The lowest BCUT2D eigenvalue weighted by atomic mass is 10.2. The Kier molecular flexibility index (Phi) is 4.36. The molecule has 0 spiro atoms. The van der Waals surface area contributed by atoms with E-state index in [1.807, 2.05) is 25.1 Å². The Labute approximate surface area is 89.0 Å². The summed E-state index contributed by atoms with van der Waals surface area (Å²) >= 11 is 0. The molecule has 0 amide bonds. The molecule has 0 aliphatic heterocycles. The Morgan fingerprint density at radius 2 is 2.33 bits per heavy atom. The maximum absolute atomic E-state index is 13.3. The van der Waals surface area contributed by atoms with E-state index in [1.54, 1.807) is 12.1 Å². The highest BCUT2D eigenvalue weighted by Gasteiger charge is 2.01. The van der Waals surface area contributed by atoms with Gasteiger partial charge in [-0.1, -0.05) is 12.2 Å². The zero-order valence-corrected chi connectivity index (χ0v) is 8.63. The maximum Gasteiger partial charge on any atom is 0.147 e. The van der Waals surface area contributed by atoms with Crippen LogP contribution >= 0.6 is 0 Å². The summed E-state index contributed by atoms with van der Waals surface area (Å²) in [7, 11) is 0. The average molecular weight is 204 g/mol. The molecule has 2 nitrogen and oxygen atoms in total. The number of halogens is 1. The van der Waals surface area contributed by atoms with E-state index in [-0.39, 0.29) is 5.82 Å². The summed E-state index contributed by atoms with van der Waals surface area (Å²) in [6.07, 6.45) is 4.82. The van der Waals surface area contributed by atoms with Gasteiger partial charge in [0.25, 0.3) is 0 Å². The zero-order chi connectivity index (χ0) is 11.1. The van der Waals surface area contributed by atoms with Crippen LogP contribution < -0.4 is 5.32 Å². The van der Waals surface area contributed by atoms with E-state index in [1.165, 1.54) is 6.07 Å². The van der Waals surface area contributed by atoms with Gasteiger partial charge in [0, 0.05) is 6.54 Å². The van der Waals surface area contributed by atoms with Crippen molar-refractivity contribution in [3.63, 3.8) is 0 Å². The number of nitrogens with zero attached hydrogens (tertiary/aromatic N) is 1. The fraction of sp³-hybridized carbons (Fsp3) is 0.250. The highest BCUT2D eigenvalue weighted by Crippen LogP contribution is 2.15. The van der Waals surface area contributed by atoms with Gasteiger partial charge >= 0.3 is 0 Å². The molecular weight excluding hydrogens is 191 g/mol. The van der Waals surface area contributed by atoms with Crippen LogP contribution in [-0.4, -0.2) is 6.54 Å². The minimum atomic E-state index is -0.380. The number of benzene rings is 1. The lowest BCUT2D eigenvalue weighted by Gasteiger charge is -2.05. The third-order valence-electron chi connectivity index (χ3n) is 1.96. The van der Waals surface area contributed by atoms with Crippen molar-refractivity contribution in [3.05, 3.63) is 41.7 Å². The zero-order valence-electron chi connectivity index (χ0n) is 8.63. The first-order valence-corrected chi connectivity index (χ1v) is 4.82. The van der Waals surface area contributed by atoms with E-state index >= 15 is 0 Å². The minimum Gasteiger partial charge on any atom is -0.382 e. The molecule has 78 valence electrons. The number of anilines is 1. The highest BCUT2D eigenvalue weighted by atomic mass is 19.1. The summed E-state index contributed by atoms with van der Waals surface area (Å²) in [5, 5.41) is 11.5. The summed E-state index contributed by atoms with van der Waals surface area (Å²) in [5.41, 5.74) is 0.782. The minimum absolute atomic E-state index is 0.339. The molecule has 0 aromatic heterocycles. The third kappa shape index (κ3) is 3.43. The normalized spacial score (nSPS) is 10.2. The molecule has 1 aromatic carbocycles. The van der Waals surface area contributed by atoms with Crippen molar-refractivity contribution in [2.75, 3.05) is 11.9 Å². The molecule has 1 N–H and O–H groups in total. The van der Waals surface area contributed by atoms with E-state index < -0.39 is 0 Å². The van der Waals surface area contributed by atoms with Crippen LogP contribution in [0.5, 0.6) is 0 Å². The molecule has 0 atom stereocenters. The molecule has 0 aliphatic rings. The van der Waals surface area contributed by atoms with Crippen LogP contribution in [0.1, 0.15) is 18.9 Å². The fourth-order valence-electron chi connectivity index (χ4n) is 1.18. The van der Waals surface area contributed by atoms with Gasteiger partial charge in [0.1, 0.15) is 5.82 Å². The first-order valence-electron chi connectivity index (χ1n) is 4.82. The van der Waals surface area contributed by atoms with Gasteiger partial charge in [0.2, 0.25) is 0 Å². The fourth-order valence-corrected chi connectivity index (χ4v) is 1.18. The van der Waals surface area contributed by atoms with Crippen LogP contribution in [0.15, 0.2) is 30.4 Å². The topological polar surface area (TPSA) is 35.8 Å². The first kappa shape index (κ1) is 11.3. The predicted octanol–water partition coefficient (Wildman–Crippen LogP) is 3.08. The van der Waals surface area contributed by atoms with E-state index in [0.29, 0.717) is 17.8 Å². The molecule has 0 radical (unpaired) electrons. The van der Waals surface area contributed by atoms with Crippen LogP contribution in [-0.2, 0) is 0 Å². The highest BCUT2D eigenvalue weighted by molar-refractivity contribution is 5.48. The van der Waals surface area contributed by atoms with Gasteiger partial charge in [-0.05, 0) is 31.5 Å². The molecule has 0 unspecified atom stereocenters. The third-order valence-corrected chi connectivity index (χ3v) is 1.96. The van der Waals surface area contributed by atoms with Crippen molar-refractivity contribution >= 4 is 5.69 Å². The SMILES string of the molecule is C/C=C/CCNc1ccc(C#N)cc1F. The predicted molar refractivity (Wildman–Crippen MR) is 59.0 cm³/mol. The van der Waals surface area contributed by atoms with Crippen LogP contribution in [0.3, 0.4) is 0 Å². The summed E-state index contributed by atoms with van der Waals surface area (Å²) in [6, 6.07) is 6.31. The van der Waals surface area contributed by atoms with Gasteiger partial charge < -0.3 is 5.32 Å². The second-order valence-corrected chi connectivity index (χ2v) is 3.09. The molecule has 3 heteroatoms. The molecule has 0 aliphatic carbocycles. The van der Waals surface area contributed by atoms with Crippen LogP contribution in [0.4, 0.5) is 10.1 Å². The first-order chi connectivity index (χ1) is 7.27. The molecule has 1 aromatic rings. The molecule has 1 rings (SSSR count). The van der Waals surface area contributed by atoms with Crippen LogP contribution in [0, 0.1) is 17.1 Å². The second-order valence-electron chi connectivity index (χ2n) is 3.09. The lowest BCUT2D eigenvalue weighted by molar-refractivity contribution is 0.629. The van der Waals surface area contributed by atoms with E-state index in [9.17, 15) is 4.39 Å². The van der Waals surface area contributed by atoms with Gasteiger partial charge in [0.05, 0.1) is 17.3 Å². The van der Waals surface area contributed by atoms with Gasteiger partial charge in [-0.25, -0.2) is 4.39 Å². The molecule has 0 bridgehead atoms. The Morgan fingerprint density at radius 1 is 1.53 bits per heavy atom. The Hall–Kier alpha value is -1.82. The molecule has 0 saturated heterocycles. The number of rotatable bonds is 4. The summed E-state index contributed by atoms with van der Waals surface area (Å²) in [6.45, 7) is 2.63. The average Bonchev–Trinajstić information content (AvgIpc) is 2.26. The van der Waals surface area contributed by atoms with Crippen molar-refractivity contribution < 1.29 is 4.39 Å². The Balaban J connectivity index is 2.59. The number of hydrogen-bond acceptors (Lipinski definition) is 2. The second kappa shape index (κ2) is 5.82. The number of nitriles is 1. The maximum atomic E-state index is 13.3. The summed E-state index contributed by atoms with van der Waals surface area (Å²) in [4.78, 5) is 0. The quantitative estimate of drug-likeness (QED) is 0.604. The van der Waals surface area contributed by atoms with Crippen LogP contribution in [0.2, 0.25) is 0 Å². The van der Waals surface area contributed by atoms with Gasteiger partial charge in [0.15, 0.2) is 0 Å².